The Morgan fingerprint density at radius 2 is 2.00 bits per heavy atom. The van der Waals surface area contributed by atoms with Gasteiger partial charge in [-0.15, -0.1) is 0 Å². The SMILES string of the molecule is CCS(=O)(=O)CCCNc1ccccc1I. The van der Waals surface area contributed by atoms with Gasteiger partial charge in [0.05, 0.1) is 5.75 Å². The number of nitrogens with one attached hydrogen (secondary N) is 1. The Balaban J connectivity index is 2.35. The van der Waals surface area contributed by atoms with Gasteiger partial charge in [0, 0.05) is 21.6 Å². The Labute approximate surface area is 111 Å². The van der Waals surface area contributed by atoms with E-state index in [-0.39, 0.29) is 11.5 Å². The molecule has 0 aromatic heterocycles. The lowest BCUT2D eigenvalue weighted by molar-refractivity contribution is 0.595. The molecule has 0 radical (unpaired) electrons. The van der Waals surface area contributed by atoms with E-state index in [1.807, 2.05) is 24.3 Å². The molecule has 0 heterocycles. The van der Waals surface area contributed by atoms with E-state index in [2.05, 4.69) is 27.9 Å². The summed E-state index contributed by atoms with van der Waals surface area (Å²) in [5, 5.41) is 3.24. The first-order valence-electron chi connectivity index (χ1n) is 5.24. The quantitative estimate of drug-likeness (QED) is 0.632. The number of halogens is 1. The van der Waals surface area contributed by atoms with Crippen LogP contribution in [-0.4, -0.2) is 26.5 Å². The molecule has 0 aliphatic rings. The summed E-state index contributed by atoms with van der Waals surface area (Å²) >= 11 is 2.25. The topological polar surface area (TPSA) is 46.2 Å². The monoisotopic (exact) mass is 353 g/mol. The third-order valence-electron chi connectivity index (χ3n) is 2.26. The van der Waals surface area contributed by atoms with Crippen molar-refractivity contribution in [2.24, 2.45) is 0 Å². The van der Waals surface area contributed by atoms with Crippen LogP contribution in [0.2, 0.25) is 0 Å². The van der Waals surface area contributed by atoms with E-state index in [1.165, 1.54) is 0 Å². The first-order chi connectivity index (χ1) is 7.55. The number of benzene rings is 1. The van der Waals surface area contributed by atoms with Crippen LogP contribution in [0.1, 0.15) is 13.3 Å². The van der Waals surface area contributed by atoms with Gasteiger partial charge in [-0.05, 0) is 41.1 Å². The van der Waals surface area contributed by atoms with Gasteiger partial charge >= 0.3 is 0 Å². The van der Waals surface area contributed by atoms with Crippen LogP contribution in [0.25, 0.3) is 0 Å². The smallest absolute Gasteiger partial charge is 0.150 e. The summed E-state index contributed by atoms with van der Waals surface area (Å²) in [5.41, 5.74) is 1.07. The van der Waals surface area contributed by atoms with E-state index >= 15 is 0 Å². The minimum Gasteiger partial charge on any atom is -0.384 e. The second kappa shape index (κ2) is 6.44. The molecule has 0 aliphatic heterocycles. The number of rotatable bonds is 6. The predicted octanol–water partition coefficient (Wildman–Crippen LogP) is 2.53. The first-order valence-corrected chi connectivity index (χ1v) is 8.14. The zero-order chi connectivity index (χ0) is 12.0. The molecule has 0 saturated carbocycles. The van der Waals surface area contributed by atoms with E-state index in [0.717, 1.165) is 9.26 Å². The molecule has 3 nitrogen and oxygen atoms in total. The number of hydrogen-bond acceptors (Lipinski definition) is 3. The maximum absolute atomic E-state index is 11.2. The van der Waals surface area contributed by atoms with Crippen LogP contribution in [0.5, 0.6) is 0 Å². The molecule has 0 atom stereocenters. The Kier molecular flexibility index (Phi) is 5.54. The molecule has 0 unspecified atom stereocenters. The lowest BCUT2D eigenvalue weighted by Crippen LogP contribution is -2.13. The predicted molar refractivity (Wildman–Crippen MR) is 76.6 cm³/mol. The molecule has 0 bridgehead atoms. The third-order valence-corrected chi connectivity index (χ3v) is 4.99. The van der Waals surface area contributed by atoms with E-state index in [9.17, 15) is 8.42 Å². The summed E-state index contributed by atoms with van der Waals surface area (Å²) in [6.07, 6.45) is 0.654. The van der Waals surface area contributed by atoms with Crippen molar-refractivity contribution in [3.05, 3.63) is 27.8 Å². The van der Waals surface area contributed by atoms with Gasteiger partial charge in [0.25, 0.3) is 0 Å². The lowest BCUT2D eigenvalue weighted by atomic mass is 10.3. The van der Waals surface area contributed by atoms with Crippen LogP contribution < -0.4 is 5.32 Å². The van der Waals surface area contributed by atoms with Crippen molar-refractivity contribution in [3.63, 3.8) is 0 Å². The molecular weight excluding hydrogens is 337 g/mol. The van der Waals surface area contributed by atoms with Crippen molar-refractivity contribution in [1.82, 2.24) is 0 Å². The summed E-state index contributed by atoms with van der Waals surface area (Å²) in [6, 6.07) is 7.96. The molecule has 0 aliphatic carbocycles. The van der Waals surface area contributed by atoms with Crippen molar-refractivity contribution < 1.29 is 8.42 Å². The molecule has 0 amide bonds. The largest absolute Gasteiger partial charge is 0.384 e. The fourth-order valence-corrected chi connectivity index (χ4v) is 2.71. The van der Waals surface area contributed by atoms with E-state index in [4.69, 9.17) is 0 Å². The number of anilines is 1. The zero-order valence-electron chi connectivity index (χ0n) is 9.24. The Morgan fingerprint density at radius 1 is 1.31 bits per heavy atom. The molecule has 90 valence electrons. The van der Waals surface area contributed by atoms with Gasteiger partial charge in [-0.25, -0.2) is 8.42 Å². The average molecular weight is 353 g/mol. The van der Waals surface area contributed by atoms with Gasteiger partial charge < -0.3 is 5.32 Å². The summed E-state index contributed by atoms with van der Waals surface area (Å²) in [5.74, 6) is 0.496. The minimum atomic E-state index is -2.83. The standard InChI is InChI=1S/C11H16INO2S/c1-2-16(14,15)9-5-8-13-11-7-4-3-6-10(11)12/h3-4,6-7,13H,2,5,8-9H2,1H3. The normalized spacial score (nSPS) is 11.4. The minimum absolute atomic E-state index is 0.232. The molecule has 1 aromatic carbocycles. The molecule has 5 heteroatoms. The molecule has 0 spiro atoms. The van der Waals surface area contributed by atoms with E-state index in [0.29, 0.717) is 13.0 Å². The zero-order valence-corrected chi connectivity index (χ0v) is 12.2. The second-order valence-electron chi connectivity index (χ2n) is 3.50. The third kappa shape index (κ3) is 4.69. The molecule has 1 N–H and O–H groups in total. The second-order valence-corrected chi connectivity index (χ2v) is 7.13. The Morgan fingerprint density at radius 3 is 2.62 bits per heavy atom. The van der Waals surface area contributed by atoms with Crippen molar-refractivity contribution in [2.75, 3.05) is 23.4 Å². The van der Waals surface area contributed by atoms with E-state index in [1.54, 1.807) is 6.92 Å². The van der Waals surface area contributed by atoms with Gasteiger partial charge in [-0.2, -0.15) is 0 Å². The van der Waals surface area contributed by atoms with Crippen LogP contribution in [0.3, 0.4) is 0 Å². The maximum atomic E-state index is 11.2. The first kappa shape index (κ1) is 13.8. The van der Waals surface area contributed by atoms with Crippen molar-refractivity contribution in [3.8, 4) is 0 Å². The maximum Gasteiger partial charge on any atom is 0.150 e. The van der Waals surface area contributed by atoms with Crippen LogP contribution >= 0.6 is 22.6 Å². The van der Waals surface area contributed by atoms with Crippen molar-refractivity contribution >= 4 is 38.1 Å². The summed E-state index contributed by atoms with van der Waals surface area (Å²) in [4.78, 5) is 0. The Bertz CT molecular complexity index is 431. The van der Waals surface area contributed by atoms with Gasteiger partial charge in [-0.3, -0.25) is 0 Å². The van der Waals surface area contributed by atoms with E-state index < -0.39 is 9.84 Å². The summed E-state index contributed by atoms with van der Waals surface area (Å²) in [6.45, 7) is 2.38. The molecule has 1 rings (SSSR count). The summed E-state index contributed by atoms with van der Waals surface area (Å²) in [7, 11) is -2.83. The molecular formula is C11H16INO2S. The van der Waals surface area contributed by atoms with Crippen LogP contribution in [0.4, 0.5) is 5.69 Å². The molecule has 16 heavy (non-hydrogen) atoms. The highest BCUT2D eigenvalue weighted by Crippen LogP contribution is 2.16. The van der Waals surface area contributed by atoms with Crippen molar-refractivity contribution in [1.29, 1.82) is 0 Å². The number of sulfone groups is 1. The van der Waals surface area contributed by atoms with Gasteiger partial charge in [0.1, 0.15) is 9.84 Å². The van der Waals surface area contributed by atoms with Gasteiger partial charge in [-0.1, -0.05) is 19.1 Å². The van der Waals surface area contributed by atoms with Crippen LogP contribution in [0, 0.1) is 3.57 Å². The summed E-state index contributed by atoms with van der Waals surface area (Å²) < 4.78 is 23.6. The average Bonchev–Trinajstić information content (AvgIpc) is 2.27. The van der Waals surface area contributed by atoms with Crippen LogP contribution in [-0.2, 0) is 9.84 Å². The molecule has 1 aromatic rings. The van der Waals surface area contributed by atoms with Gasteiger partial charge in [0.2, 0.25) is 0 Å². The number of para-hydroxylation sites is 1. The highest BCUT2D eigenvalue weighted by molar-refractivity contribution is 14.1. The fraction of sp³-hybridized carbons (Fsp3) is 0.455. The highest BCUT2D eigenvalue weighted by Gasteiger charge is 2.06. The Hall–Kier alpha value is -0.300. The highest BCUT2D eigenvalue weighted by atomic mass is 127. The van der Waals surface area contributed by atoms with Crippen molar-refractivity contribution in [2.45, 2.75) is 13.3 Å². The number of hydrogen-bond donors (Lipinski definition) is 1. The molecule has 0 saturated heterocycles. The molecule has 0 fully saturated rings. The fourth-order valence-electron chi connectivity index (χ4n) is 1.26. The lowest BCUT2D eigenvalue weighted by Gasteiger charge is -2.07. The van der Waals surface area contributed by atoms with Gasteiger partial charge in [0.15, 0.2) is 0 Å². The van der Waals surface area contributed by atoms with Crippen LogP contribution in [0.15, 0.2) is 24.3 Å².